The molecular weight excluding hydrogens is 713 g/mol. The van der Waals surface area contributed by atoms with Gasteiger partial charge in [-0.25, -0.2) is 0 Å². The van der Waals surface area contributed by atoms with E-state index in [9.17, 15) is 0 Å². The van der Waals surface area contributed by atoms with Gasteiger partial charge in [0.25, 0.3) is 0 Å². The molecule has 0 saturated heterocycles. The van der Waals surface area contributed by atoms with E-state index in [0.717, 1.165) is 29.9 Å². The summed E-state index contributed by atoms with van der Waals surface area (Å²) in [6.07, 6.45) is 6.70. The molecule has 1 aromatic heterocycles. The summed E-state index contributed by atoms with van der Waals surface area (Å²) in [6, 6.07) is 71.6. The summed E-state index contributed by atoms with van der Waals surface area (Å²) >= 11 is 0. The molecule has 59 heavy (non-hydrogen) atoms. The highest BCUT2D eigenvalue weighted by molar-refractivity contribution is 5.95. The number of anilines is 3. The predicted octanol–water partition coefficient (Wildman–Crippen LogP) is 15.4. The minimum atomic E-state index is -0.135. The van der Waals surface area contributed by atoms with Gasteiger partial charge in [-0.2, -0.15) is 0 Å². The number of nitrogens with zero attached hydrogens (tertiary/aromatic N) is 2. The second-order valence-electron chi connectivity index (χ2n) is 16.5. The van der Waals surface area contributed by atoms with Crippen molar-refractivity contribution in [2.75, 3.05) is 4.90 Å². The third-order valence-corrected chi connectivity index (χ3v) is 12.7. The summed E-state index contributed by atoms with van der Waals surface area (Å²) in [6.45, 7) is 4.74. The molecule has 0 spiro atoms. The van der Waals surface area contributed by atoms with Crippen molar-refractivity contribution in [3.8, 4) is 50.2 Å². The van der Waals surface area contributed by atoms with Crippen LogP contribution < -0.4 is 4.90 Å². The number of allylic oxidation sites excluding steroid dienone is 1. The average Bonchev–Trinajstić information content (AvgIpc) is 3.75. The lowest BCUT2D eigenvalue weighted by molar-refractivity contribution is 0.660. The Morgan fingerprint density at radius 3 is 1.93 bits per heavy atom. The molecule has 0 atom stereocenters. The van der Waals surface area contributed by atoms with Crippen molar-refractivity contribution < 1.29 is 0 Å². The molecule has 0 saturated carbocycles. The van der Waals surface area contributed by atoms with Crippen molar-refractivity contribution in [2.24, 2.45) is 0 Å². The molecule has 2 heteroatoms. The van der Waals surface area contributed by atoms with Crippen molar-refractivity contribution in [1.29, 1.82) is 0 Å². The van der Waals surface area contributed by atoms with E-state index in [1.165, 1.54) is 83.5 Å². The first kappa shape index (κ1) is 35.0. The summed E-state index contributed by atoms with van der Waals surface area (Å²) in [5.74, 6) is 0. The van der Waals surface area contributed by atoms with Gasteiger partial charge in [0.2, 0.25) is 0 Å². The Labute approximate surface area is 347 Å². The average molecular weight is 757 g/mol. The number of fused-ring (bicyclic) bond motifs is 6. The monoisotopic (exact) mass is 756 g/mol. The molecule has 9 aromatic rings. The van der Waals surface area contributed by atoms with Crippen LogP contribution in [0.2, 0.25) is 0 Å². The fourth-order valence-corrected chi connectivity index (χ4v) is 9.74. The quantitative estimate of drug-likeness (QED) is 0.157. The zero-order chi connectivity index (χ0) is 39.5. The molecule has 282 valence electrons. The first-order valence-electron chi connectivity index (χ1n) is 20.8. The van der Waals surface area contributed by atoms with Crippen LogP contribution in [0.15, 0.2) is 200 Å². The summed E-state index contributed by atoms with van der Waals surface area (Å²) < 4.78 is 2.50. The molecule has 0 fully saturated rings. The highest BCUT2D eigenvalue weighted by Crippen LogP contribution is 2.51. The predicted molar refractivity (Wildman–Crippen MR) is 249 cm³/mol. The largest absolute Gasteiger partial charge is 0.313 e. The lowest BCUT2D eigenvalue weighted by Gasteiger charge is -2.30. The Balaban J connectivity index is 1.12. The maximum absolute atomic E-state index is 2.50. The molecule has 2 aliphatic carbocycles. The minimum Gasteiger partial charge on any atom is -0.313 e. The second-order valence-corrected chi connectivity index (χ2v) is 16.5. The van der Waals surface area contributed by atoms with Gasteiger partial charge in [0, 0.05) is 44.7 Å². The van der Waals surface area contributed by atoms with E-state index in [2.05, 4.69) is 230 Å². The highest BCUT2D eigenvalue weighted by atomic mass is 15.1. The van der Waals surface area contributed by atoms with Crippen LogP contribution in [0.1, 0.15) is 42.7 Å². The standard InChI is InChI=1S/C57H44N2/c1-57(2)52-25-12-9-22-47(52)48-34-33-46(38-53(48)57)58(44-20-15-21-45(37-44)59-54-26-13-10-23-49(54)50-24-11-14-27-55(50)59)56-35-32-43(36-51(56)42-18-7-4-8-19-42)41-30-28-40(29-31-41)39-16-5-3-6-17-39/h3-13,15-26,28-38H,14,27H2,1-2H3. The van der Waals surface area contributed by atoms with Gasteiger partial charge in [0.05, 0.1) is 11.2 Å². The van der Waals surface area contributed by atoms with Crippen LogP contribution in [0.3, 0.4) is 0 Å². The molecule has 0 bridgehead atoms. The SMILES string of the molecule is CC1(C)c2ccccc2-c2ccc(N(c3cccc(-n4c5c(c6ccccc64)C=CCC5)c3)c3ccc(-c4ccc(-c5ccccc5)cc4)cc3-c3ccccc3)cc21. The first-order chi connectivity index (χ1) is 29.0. The Kier molecular flexibility index (Phi) is 8.34. The molecular formula is C57H44N2. The van der Waals surface area contributed by atoms with Gasteiger partial charge in [-0.1, -0.05) is 172 Å². The van der Waals surface area contributed by atoms with Crippen LogP contribution in [0.25, 0.3) is 67.2 Å². The normalized spacial score (nSPS) is 13.5. The molecule has 11 rings (SSSR count). The molecule has 0 aliphatic heterocycles. The van der Waals surface area contributed by atoms with E-state index >= 15 is 0 Å². The topological polar surface area (TPSA) is 8.17 Å². The maximum Gasteiger partial charge on any atom is 0.0540 e. The van der Waals surface area contributed by atoms with Gasteiger partial charge in [-0.3, -0.25) is 0 Å². The smallest absolute Gasteiger partial charge is 0.0540 e. The van der Waals surface area contributed by atoms with E-state index < -0.39 is 0 Å². The summed E-state index contributed by atoms with van der Waals surface area (Å²) in [4.78, 5) is 2.49. The number of hydrogen-bond acceptors (Lipinski definition) is 1. The number of benzene rings is 8. The first-order valence-corrected chi connectivity index (χ1v) is 20.8. The number of rotatable bonds is 7. The van der Waals surface area contributed by atoms with E-state index in [0.29, 0.717) is 0 Å². The van der Waals surface area contributed by atoms with Gasteiger partial charge >= 0.3 is 0 Å². The summed E-state index contributed by atoms with van der Waals surface area (Å²) in [5, 5.41) is 1.31. The summed E-state index contributed by atoms with van der Waals surface area (Å²) in [7, 11) is 0. The van der Waals surface area contributed by atoms with E-state index in [1.807, 2.05) is 0 Å². The van der Waals surface area contributed by atoms with Gasteiger partial charge in [-0.15, -0.1) is 0 Å². The van der Waals surface area contributed by atoms with Crippen LogP contribution in [-0.4, -0.2) is 4.57 Å². The van der Waals surface area contributed by atoms with Crippen molar-refractivity contribution >= 4 is 34.0 Å². The lowest BCUT2D eigenvalue weighted by Crippen LogP contribution is -2.17. The molecule has 1 heterocycles. The van der Waals surface area contributed by atoms with Gasteiger partial charge in [0.15, 0.2) is 0 Å². The van der Waals surface area contributed by atoms with Gasteiger partial charge in [0.1, 0.15) is 0 Å². The van der Waals surface area contributed by atoms with Crippen LogP contribution in [0, 0.1) is 0 Å². The van der Waals surface area contributed by atoms with Crippen molar-refractivity contribution in [3.63, 3.8) is 0 Å². The van der Waals surface area contributed by atoms with Crippen LogP contribution in [0.5, 0.6) is 0 Å². The Morgan fingerprint density at radius 2 is 1.12 bits per heavy atom. The molecule has 0 unspecified atom stereocenters. The van der Waals surface area contributed by atoms with Crippen molar-refractivity contribution in [2.45, 2.75) is 32.1 Å². The molecule has 0 radical (unpaired) electrons. The van der Waals surface area contributed by atoms with E-state index in [4.69, 9.17) is 0 Å². The second kappa shape index (κ2) is 14.0. The molecule has 2 nitrogen and oxygen atoms in total. The van der Waals surface area contributed by atoms with Crippen molar-refractivity contribution in [3.05, 3.63) is 223 Å². The zero-order valence-corrected chi connectivity index (χ0v) is 33.4. The number of para-hydroxylation sites is 1. The van der Waals surface area contributed by atoms with Crippen LogP contribution in [0.4, 0.5) is 17.1 Å². The third kappa shape index (κ3) is 5.86. The molecule has 8 aromatic carbocycles. The fraction of sp³-hybridized carbons (Fsp3) is 0.0877. The lowest BCUT2D eigenvalue weighted by atomic mass is 9.82. The van der Waals surface area contributed by atoms with Crippen LogP contribution in [-0.2, 0) is 11.8 Å². The van der Waals surface area contributed by atoms with Crippen LogP contribution >= 0.6 is 0 Å². The zero-order valence-electron chi connectivity index (χ0n) is 33.4. The van der Waals surface area contributed by atoms with Gasteiger partial charge < -0.3 is 9.47 Å². The molecule has 0 amide bonds. The third-order valence-electron chi connectivity index (χ3n) is 12.7. The molecule has 2 aliphatic rings. The Morgan fingerprint density at radius 1 is 0.475 bits per heavy atom. The highest BCUT2D eigenvalue weighted by Gasteiger charge is 2.36. The van der Waals surface area contributed by atoms with Gasteiger partial charge in [-0.05, 0) is 111 Å². The van der Waals surface area contributed by atoms with E-state index in [-0.39, 0.29) is 5.41 Å². The number of hydrogen-bond donors (Lipinski definition) is 0. The maximum atomic E-state index is 2.50. The number of aromatic nitrogens is 1. The van der Waals surface area contributed by atoms with E-state index in [1.54, 1.807) is 0 Å². The fourth-order valence-electron chi connectivity index (χ4n) is 9.74. The minimum absolute atomic E-state index is 0.135. The van der Waals surface area contributed by atoms with Crippen molar-refractivity contribution in [1.82, 2.24) is 4.57 Å². The Bertz CT molecular complexity index is 3060. The molecule has 0 N–H and O–H groups in total. The summed E-state index contributed by atoms with van der Waals surface area (Å²) in [5.41, 5.74) is 21.0. The Hall–Kier alpha value is -7.16.